The first-order valence-electron chi connectivity index (χ1n) is 12.8. The number of carbonyl (C=O) groups excluding carboxylic acids is 5. The molecule has 1 aliphatic heterocycles. The molecule has 0 unspecified atom stereocenters. The number of esters is 1. The molecule has 45 heavy (non-hydrogen) atoms. The summed E-state index contributed by atoms with van der Waals surface area (Å²) in [6.45, 7) is -0.804. The molecule has 0 N–H and O–H groups in total. The number of thiophene rings is 1. The molecule has 16 heteroatoms. The number of rotatable bonds is 7. The quantitative estimate of drug-likeness (QED) is 0.0823. The van der Waals surface area contributed by atoms with E-state index in [-0.39, 0.29) is 32.0 Å². The number of Topliss-reactive ketones (excluding diaryl/α,β-unsaturated/α-hetero) is 1. The van der Waals surface area contributed by atoms with Crippen LogP contribution in [0, 0.1) is 11.8 Å². The average Bonchev–Trinajstić information content (AvgIpc) is 3.70. The minimum atomic E-state index is -2.19. The molecule has 8 nitrogen and oxygen atoms in total. The van der Waals surface area contributed by atoms with Crippen LogP contribution >= 0.6 is 92.5 Å². The highest BCUT2D eigenvalue weighted by molar-refractivity contribution is 7.12. The first kappa shape index (κ1) is 32.6. The zero-order valence-electron chi connectivity index (χ0n) is 22.1. The van der Waals surface area contributed by atoms with Gasteiger partial charge in [0.2, 0.25) is 0 Å². The molecular formula is C29H15Cl7N2O6S. The van der Waals surface area contributed by atoms with Crippen molar-refractivity contribution in [3.05, 3.63) is 97.1 Å². The summed E-state index contributed by atoms with van der Waals surface area (Å²) >= 11 is 47.0. The van der Waals surface area contributed by atoms with Crippen LogP contribution in [0.15, 0.2) is 76.1 Å². The highest BCUT2D eigenvalue weighted by Gasteiger charge is 2.88. The normalized spacial score (nSPS) is 26.3. The number of amides is 3. The summed E-state index contributed by atoms with van der Waals surface area (Å²) in [7, 11) is 0. The number of allylic oxidation sites excluding steroid dienone is 2. The van der Waals surface area contributed by atoms with Crippen molar-refractivity contribution in [3.63, 3.8) is 0 Å². The maximum atomic E-state index is 14.0. The number of carbonyl (C=O) groups is 5. The number of fused-ring (bicyclic) bond motifs is 5. The number of hydrogen-bond donors (Lipinski definition) is 0. The van der Waals surface area contributed by atoms with Gasteiger partial charge in [-0.05, 0) is 47.8 Å². The number of ketones is 1. The fourth-order valence-electron chi connectivity index (χ4n) is 5.71. The van der Waals surface area contributed by atoms with Crippen molar-refractivity contribution in [1.82, 2.24) is 10.0 Å². The van der Waals surface area contributed by atoms with Gasteiger partial charge in [-0.3, -0.25) is 19.2 Å². The number of hydrogen-bond acceptors (Lipinski definition) is 7. The van der Waals surface area contributed by atoms with Gasteiger partial charge in [0.1, 0.15) is 26.9 Å². The van der Waals surface area contributed by atoms with E-state index in [1.165, 1.54) is 53.8 Å². The maximum Gasteiger partial charge on any atom is 0.353 e. The Morgan fingerprint density at radius 2 is 1.40 bits per heavy atom. The lowest BCUT2D eigenvalue weighted by Crippen LogP contribution is -2.56. The van der Waals surface area contributed by atoms with Crippen LogP contribution in [0.5, 0.6) is 5.75 Å². The molecule has 2 bridgehead atoms. The second-order valence-corrected chi connectivity index (χ2v) is 14.9. The number of benzene rings is 2. The van der Waals surface area contributed by atoms with Gasteiger partial charge in [-0.25, -0.2) is 9.80 Å². The van der Waals surface area contributed by atoms with Crippen molar-refractivity contribution in [2.45, 2.75) is 14.1 Å². The van der Waals surface area contributed by atoms with Crippen LogP contribution in [-0.2, 0) is 9.59 Å². The van der Waals surface area contributed by atoms with E-state index < -0.39 is 61.9 Å². The fraction of sp³-hybridized carbons (Fsp3) is 0.207. The molecule has 3 aromatic rings. The van der Waals surface area contributed by atoms with Crippen molar-refractivity contribution < 1.29 is 28.7 Å². The molecule has 4 atom stereocenters. The Morgan fingerprint density at radius 1 is 0.822 bits per heavy atom. The van der Waals surface area contributed by atoms with E-state index >= 15 is 0 Å². The lowest BCUT2D eigenvalue weighted by Gasteiger charge is -2.36. The van der Waals surface area contributed by atoms with Crippen LogP contribution in [0.4, 0.5) is 0 Å². The highest BCUT2D eigenvalue weighted by atomic mass is 35.5. The van der Waals surface area contributed by atoms with E-state index in [0.717, 1.165) is 0 Å². The lowest BCUT2D eigenvalue weighted by molar-refractivity contribution is -0.154. The van der Waals surface area contributed by atoms with Crippen molar-refractivity contribution in [3.8, 4) is 5.75 Å². The zero-order valence-corrected chi connectivity index (χ0v) is 28.2. The largest absolute Gasteiger partial charge is 0.422 e. The number of halogens is 7. The smallest absolute Gasteiger partial charge is 0.353 e. The molecule has 0 radical (unpaired) electrons. The predicted molar refractivity (Wildman–Crippen MR) is 172 cm³/mol. The van der Waals surface area contributed by atoms with Crippen molar-refractivity contribution in [1.29, 1.82) is 0 Å². The summed E-state index contributed by atoms with van der Waals surface area (Å²) in [4.78, 5) is 64.0. The Kier molecular flexibility index (Phi) is 8.27. The van der Waals surface area contributed by atoms with Crippen LogP contribution in [-0.4, -0.2) is 60.1 Å². The first-order valence-corrected chi connectivity index (χ1v) is 16.3. The Bertz CT molecular complexity index is 1790. The maximum absolute atomic E-state index is 14.0. The Balaban J connectivity index is 1.34. The van der Waals surface area contributed by atoms with Crippen molar-refractivity contribution >= 4 is 122 Å². The Labute approximate surface area is 294 Å². The molecule has 6 rings (SSSR count). The topological polar surface area (TPSA) is 101 Å². The second-order valence-electron chi connectivity index (χ2n) is 10.2. The molecule has 232 valence electrons. The molecule has 1 saturated heterocycles. The molecule has 2 aromatic carbocycles. The van der Waals surface area contributed by atoms with Crippen LogP contribution in [0.1, 0.15) is 30.4 Å². The number of hydrazine groups is 1. The summed E-state index contributed by atoms with van der Waals surface area (Å²) in [5.74, 6) is -7.19. The van der Waals surface area contributed by atoms with Gasteiger partial charge in [0, 0.05) is 5.56 Å². The molecular weight excluding hydrogens is 753 g/mol. The Morgan fingerprint density at radius 3 is 1.93 bits per heavy atom. The Hall–Kier alpha value is -2.34. The first-order chi connectivity index (χ1) is 21.2. The standard InChI is InChI=1S/C29H15Cl7N2O6S/c30-16-5-2-1-4-15(16)23(40)37(12-17(39)13-7-9-14(10-8-13)44-26(43)18-6-3-11-45-18)38-24(41)19-20(25(38)42)28(34)22(32)21(31)27(19,33)29(28,35)36/h1-11,19-20H,12H2/t19-,20-,27-,28-/m1/s1. The SMILES string of the molecule is O=C(CN(C(=O)c1ccccc1Cl)N1C(=O)[C@H]2[C@H](C1=O)[C@@]1(Cl)C(Cl)=C(Cl)[C@@]2(Cl)C1(Cl)Cl)c1ccc(OC(=O)c2cccs2)cc1. The number of imide groups is 1. The third kappa shape index (κ3) is 4.58. The predicted octanol–water partition coefficient (Wildman–Crippen LogP) is 7.31. The van der Waals surface area contributed by atoms with E-state index in [1.807, 2.05) is 0 Å². The zero-order chi connectivity index (χ0) is 32.6. The van der Waals surface area contributed by atoms with Crippen molar-refractivity contribution in [2.75, 3.05) is 6.54 Å². The van der Waals surface area contributed by atoms with Crippen LogP contribution in [0.2, 0.25) is 5.02 Å². The highest BCUT2D eigenvalue weighted by Crippen LogP contribution is 2.77. The van der Waals surface area contributed by atoms with Gasteiger partial charge in [-0.15, -0.1) is 34.5 Å². The van der Waals surface area contributed by atoms with Crippen LogP contribution in [0.3, 0.4) is 0 Å². The van der Waals surface area contributed by atoms with Gasteiger partial charge in [0.15, 0.2) is 10.1 Å². The summed E-state index contributed by atoms with van der Waals surface area (Å²) < 4.78 is 3.14. The van der Waals surface area contributed by atoms with Crippen LogP contribution < -0.4 is 4.74 Å². The van der Waals surface area contributed by atoms with Gasteiger partial charge in [-0.2, -0.15) is 5.01 Å². The molecule has 1 aromatic heterocycles. The molecule has 2 heterocycles. The molecule has 1 saturated carbocycles. The number of nitrogens with zero attached hydrogens (tertiary/aromatic N) is 2. The van der Waals surface area contributed by atoms with Gasteiger partial charge in [-0.1, -0.05) is 76.2 Å². The lowest BCUT2D eigenvalue weighted by atomic mass is 9.84. The molecule has 2 fully saturated rings. The van der Waals surface area contributed by atoms with Gasteiger partial charge < -0.3 is 4.74 Å². The molecule has 3 amide bonds. The van der Waals surface area contributed by atoms with E-state index in [0.29, 0.717) is 14.9 Å². The molecule has 3 aliphatic rings. The third-order valence-corrected chi connectivity index (χ3v) is 13.3. The number of alkyl halides is 4. The van der Waals surface area contributed by atoms with E-state index in [4.69, 9.17) is 85.9 Å². The molecule has 2 aliphatic carbocycles. The van der Waals surface area contributed by atoms with E-state index in [2.05, 4.69) is 0 Å². The summed E-state index contributed by atoms with van der Waals surface area (Å²) in [6, 6.07) is 14.7. The molecule has 0 spiro atoms. The van der Waals surface area contributed by atoms with E-state index in [1.54, 1.807) is 23.6 Å². The van der Waals surface area contributed by atoms with E-state index in [9.17, 15) is 24.0 Å². The van der Waals surface area contributed by atoms with Gasteiger partial charge in [0.05, 0.1) is 32.5 Å². The monoisotopic (exact) mass is 764 g/mol. The van der Waals surface area contributed by atoms with Crippen LogP contribution in [0.25, 0.3) is 0 Å². The third-order valence-electron chi connectivity index (χ3n) is 7.87. The van der Waals surface area contributed by atoms with Gasteiger partial charge in [0.25, 0.3) is 17.7 Å². The summed E-state index contributed by atoms with van der Waals surface area (Å²) in [6.07, 6.45) is 0. The van der Waals surface area contributed by atoms with Gasteiger partial charge >= 0.3 is 5.97 Å². The average molecular weight is 768 g/mol. The number of ether oxygens (including phenoxy) is 1. The van der Waals surface area contributed by atoms with Crippen molar-refractivity contribution in [2.24, 2.45) is 11.8 Å². The minimum absolute atomic E-state index is 0.00728. The summed E-state index contributed by atoms with van der Waals surface area (Å²) in [5, 5.41) is 2.25. The minimum Gasteiger partial charge on any atom is -0.422 e. The summed E-state index contributed by atoms with van der Waals surface area (Å²) in [5.41, 5.74) is -0.0408. The fourth-order valence-corrected chi connectivity index (χ4v) is 9.46. The second kappa shape index (κ2) is 11.4.